The Labute approximate surface area is 105 Å². The number of nitro groups is 1. The van der Waals surface area contributed by atoms with Crippen molar-refractivity contribution in [3.05, 3.63) is 41.1 Å². The minimum absolute atomic E-state index is 0.0115. The molecule has 0 spiro atoms. The predicted molar refractivity (Wildman–Crippen MR) is 67.7 cm³/mol. The summed E-state index contributed by atoms with van der Waals surface area (Å²) in [6, 6.07) is 3.15. The van der Waals surface area contributed by atoms with Crippen LogP contribution in [-0.2, 0) is 4.74 Å². The Bertz CT molecular complexity index is 433. The molecule has 1 aromatic rings. The van der Waals surface area contributed by atoms with Gasteiger partial charge < -0.3 is 9.64 Å². The summed E-state index contributed by atoms with van der Waals surface area (Å²) in [7, 11) is 0. The lowest BCUT2D eigenvalue weighted by atomic mass is 10.3. The third-order valence-corrected chi connectivity index (χ3v) is 2.86. The predicted octanol–water partition coefficient (Wildman–Crippen LogP) is 1.77. The molecule has 1 aliphatic heterocycles. The van der Waals surface area contributed by atoms with E-state index in [1.54, 1.807) is 12.1 Å². The van der Waals surface area contributed by atoms with Crippen molar-refractivity contribution in [3.63, 3.8) is 0 Å². The van der Waals surface area contributed by atoms with Crippen LogP contribution in [0.15, 0.2) is 31.0 Å². The van der Waals surface area contributed by atoms with Gasteiger partial charge in [0, 0.05) is 19.2 Å². The zero-order chi connectivity index (χ0) is 13.0. The van der Waals surface area contributed by atoms with Gasteiger partial charge >= 0.3 is 0 Å². The quantitative estimate of drug-likeness (QED) is 0.452. The molecule has 0 aliphatic carbocycles. The summed E-state index contributed by atoms with van der Waals surface area (Å²) < 4.78 is 5.57. The van der Waals surface area contributed by atoms with Crippen LogP contribution in [0.25, 0.3) is 0 Å². The Morgan fingerprint density at radius 1 is 1.67 bits per heavy atom. The molecular formula is C12H15N3O3. The smallest absolute Gasteiger partial charge is 0.287 e. The summed E-state index contributed by atoms with van der Waals surface area (Å²) in [6.07, 6.45) is 4.13. The Balaban J connectivity index is 1.96. The first kappa shape index (κ1) is 12.5. The van der Waals surface area contributed by atoms with Crippen molar-refractivity contribution in [2.45, 2.75) is 12.5 Å². The van der Waals surface area contributed by atoms with Crippen LogP contribution >= 0.6 is 0 Å². The molecule has 1 aromatic heterocycles. The van der Waals surface area contributed by atoms with Gasteiger partial charge in [0.1, 0.15) is 12.0 Å². The fraction of sp³-hybridized carbons (Fsp3) is 0.417. The average molecular weight is 249 g/mol. The van der Waals surface area contributed by atoms with Gasteiger partial charge in [0.2, 0.25) is 0 Å². The van der Waals surface area contributed by atoms with Crippen LogP contribution in [0.5, 0.6) is 0 Å². The fourth-order valence-electron chi connectivity index (χ4n) is 1.95. The molecule has 1 saturated heterocycles. The molecule has 0 bridgehead atoms. The highest BCUT2D eigenvalue weighted by Crippen LogP contribution is 2.21. The highest BCUT2D eigenvalue weighted by atomic mass is 16.6. The van der Waals surface area contributed by atoms with E-state index >= 15 is 0 Å². The maximum absolute atomic E-state index is 10.5. The van der Waals surface area contributed by atoms with E-state index in [0.29, 0.717) is 6.61 Å². The molecule has 1 fully saturated rings. The molecule has 6 nitrogen and oxygen atoms in total. The number of aromatic nitrogens is 1. The van der Waals surface area contributed by atoms with Gasteiger partial charge in [-0.05, 0) is 12.5 Å². The van der Waals surface area contributed by atoms with Crippen molar-refractivity contribution in [2.75, 3.05) is 24.6 Å². The first-order valence-electron chi connectivity index (χ1n) is 5.78. The summed E-state index contributed by atoms with van der Waals surface area (Å²) in [5.74, 6) is 0.755. The van der Waals surface area contributed by atoms with Gasteiger partial charge in [0.05, 0.1) is 17.6 Å². The van der Waals surface area contributed by atoms with Crippen molar-refractivity contribution in [1.29, 1.82) is 0 Å². The maximum atomic E-state index is 10.5. The summed E-state index contributed by atoms with van der Waals surface area (Å²) in [4.78, 5) is 16.3. The van der Waals surface area contributed by atoms with Gasteiger partial charge in [0.15, 0.2) is 0 Å². The molecule has 0 N–H and O–H groups in total. The van der Waals surface area contributed by atoms with E-state index in [9.17, 15) is 10.1 Å². The Hall–Kier alpha value is -1.95. The van der Waals surface area contributed by atoms with Gasteiger partial charge in [-0.3, -0.25) is 10.1 Å². The topological polar surface area (TPSA) is 68.5 Å². The molecule has 1 atom stereocenters. The van der Waals surface area contributed by atoms with Crippen molar-refractivity contribution in [2.24, 2.45) is 0 Å². The monoisotopic (exact) mass is 249 g/mol. The van der Waals surface area contributed by atoms with Gasteiger partial charge in [-0.1, -0.05) is 6.08 Å². The molecule has 18 heavy (non-hydrogen) atoms. The molecule has 2 heterocycles. The van der Waals surface area contributed by atoms with Crippen molar-refractivity contribution in [1.82, 2.24) is 4.98 Å². The molecule has 0 amide bonds. The summed E-state index contributed by atoms with van der Waals surface area (Å²) in [5, 5.41) is 10.5. The molecule has 0 aromatic carbocycles. The van der Waals surface area contributed by atoms with Gasteiger partial charge in [-0.25, -0.2) is 4.98 Å². The van der Waals surface area contributed by atoms with Crippen LogP contribution in [0.2, 0.25) is 0 Å². The molecule has 1 aliphatic rings. The fourth-order valence-corrected chi connectivity index (χ4v) is 1.95. The van der Waals surface area contributed by atoms with E-state index in [2.05, 4.69) is 16.5 Å². The number of anilines is 1. The Kier molecular flexibility index (Phi) is 3.88. The molecule has 0 radical (unpaired) electrons. The third kappa shape index (κ3) is 2.84. The van der Waals surface area contributed by atoms with E-state index in [4.69, 9.17) is 4.74 Å². The highest BCUT2D eigenvalue weighted by molar-refractivity contribution is 5.43. The first-order chi connectivity index (χ1) is 8.70. The minimum atomic E-state index is -0.448. The number of ether oxygens (including phenoxy) is 1. The standard InChI is InChI=1S/C12H15N3O3/c1-2-7-18-11-5-6-14(9-11)12-4-3-10(8-13-12)15(16)17/h2-4,8,11H,1,5-7,9H2. The van der Waals surface area contributed by atoms with E-state index in [1.807, 2.05) is 0 Å². The summed E-state index contributed by atoms with van der Waals surface area (Å²) in [5.41, 5.74) is 0.0115. The number of pyridine rings is 1. The van der Waals surface area contributed by atoms with Crippen LogP contribution in [0.3, 0.4) is 0 Å². The molecule has 1 unspecified atom stereocenters. The third-order valence-electron chi connectivity index (χ3n) is 2.86. The van der Waals surface area contributed by atoms with Crippen LogP contribution in [0, 0.1) is 10.1 Å². The lowest BCUT2D eigenvalue weighted by Gasteiger charge is -2.16. The normalized spacial score (nSPS) is 18.9. The highest BCUT2D eigenvalue weighted by Gasteiger charge is 2.24. The minimum Gasteiger partial charge on any atom is -0.372 e. The number of nitrogens with zero attached hydrogens (tertiary/aromatic N) is 3. The van der Waals surface area contributed by atoms with Crippen molar-refractivity contribution < 1.29 is 9.66 Å². The SMILES string of the molecule is C=CCOC1CCN(c2ccc([N+](=O)[O-])cn2)C1. The van der Waals surface area contributed by atoms with Gasteiger partial charge in [-0.15, -0.1) is 6.58 Å². The largest absolute Gasteiger partial charge is 0.372 e. The number of hydrogen-bond donors (Lipinski definition) is 0. The second-order valence-corrected chi connectivity index (χ2v) is 4.11. The lowest BCUT2D eigenvalue weighted by molar-refractivity contribution is -0.385. The lowest BCUT2D eigenvalue weighted by Crippen LogP contribution is -2.23. The Morgan fingerprint density at radius 3 is 3.11 bits per heavy atom. The summed E-state index contributed by atoms with van der Waals surface area (Å²) >= 11 is 0. The molecule has 2 rings (SSSR count). The van der Waals surface area contributed by atoms with Crippen LogP contribution < -0.4 is 4.90 Å². The zero-order valence-corrected chi connectivity index (χ0v) is 9.99. The molecular weight excluding hydrogens is 234 g/mol. The second-order valence-electron chi connectivity index (χ2n) is 4.11. The number of rotatable bonds is 5. The zero-order valence-electron chi connectivity index (χ0n) is 9.99. The van der Waals surface area contributed by atoms with E-state index in [0.717, 1.165) is 25.3 Å². The molecule has 96 valence electrons. The molecule has 6 heteroatoms. The van der Waals surface area contributed by atoms with E-state index in [1.165, 1.54) is 12.3 Å². The van der Waals surface area contributed by atoms with E-state index < -0.39 is 4.92 Å². The number of hydrogen-bond acceptors (Lipinski definition) is 5. The van der Waals surface area contributed by atoms with Gasteiger partial charge in [-0.2, -0.15) is 0 Å². The van der Waals surface area contributed by atoms with Gasteiger partial charge in [0.25, 0.3) is 5.69 Å². The maximum Gasteiger partial charge on any atom is 0.287 e. The Morgan fingerprint density at radius 2 is 2.50 bits per heavy atom. The first-order valence-corrected chi connectivity index (χ1v) is 5.78. The second kappa shape index (κ2) is 5.59. The summed E-state index contributed by atoms with van der Waals surface area (Å²) in [6.45, 7) is 5.77. The van der Waals surface area contributed by atoms with E-state index in [-0.39, 0.29) is 11.8 Å². The average Bonchev–Trinajstić information content (AvgIpc) is 2.85. The van der Waals surface area contributed by atoms with Crippen LogP contribution in [0.1, 0.15) is 6.42 Å². The van der Waals surface area contributed by atoms with Crippen LogP contribution in [0.4, 0.5) is 11.5 Å². The van der Waals surface area contributed by atoms with Crippen LogP contribution in [-0.4, -0.2) is 35.7 Å². The van der Waals surface area contributed by atoms with Crippen molar-refractivity contribution >= 4 is 11.5 Å². The van der Waals surface area contributed by atoms with Crippen molar-refractivity contribution in [3.8, 4) is 0 Å². The molecule has 0 saturated carbocycles.